The summed E-state index contributed by atoms with van der Waals surface area (Å²) >= 11 is 5.76. The molecule has 1 N–H and O–H groups in total. The van der Waals surface area contributed by atoms with E-state index in [-0.39, 0.29) is 31.0 Å². The van der Waals surface area contributed by atoms with E-state index in [0.717, 1.165) is 5.56 Å². The van der Waals surface area contributed by atoms with Gasteiger partial charge in [0.15, 0.2) is 0 Å². The van der Waals surface area contributed by atoms with Crippen LogP contribution in [0.1, 0.15) is 18.4 Å². The zero-order chi connectivity index (χ0) is 18.2. The molecule has 2 rings (SSSR count). The normalized spacial score (nSPS) is 10.1. The third kappa shape index (κ3) is 6.23. The van der Waals surface area contributed by atoms with Crippen LogP contribution in [0.25, 0.3) is 0 Å². The molecule has 0 atom stereocenters. The van der Waals surface area contributed by atoms with Crippen molar-refractivity contribution >= 4 is 34.9 Å². The van der Waals surface area contributed by atoms with Crippen molar-refractivity contribution in [3.63, 3.8) is 0 Å². The standard InChI is InChI=1S/C17H15ClN2O5/c18-13-3-1-12(2-4-13)11-25-17(22)10-9-16(21)19-14-5-7-15(8-6-14)20(23)24/h1-8H,9-11H2,(H,19,21). The number of hydrogen-bond donors (Lipinski definition) is 1. The van der Waals surface area contributed by atoms with Crippen molar-refractivity contribution in [2.45, 2.75) is 19.4 Å². The summed E-state index contributed by atoms with van der Waals surface area (Å²) in [5.41, 5.74) is 1.15. The summed E-state index contributed by atoms with van der Waals surface area (Å²) in [4.78, 5) is 33.5. The fraction of sp³-hybridized carbons (Fsp3) is 0.176. The van der Waals surface area contributed by atoms with E-state index in [1.165, 1.54) is 24.3 Å². The molecule has 2 aromatic rings. The second-order valence-corrected chi connectivity index (χ2v) is 5.58. The maximum Gasteiger partial charge on any atom is 0.306 e. The van der Waals surface area contributed by atoms with Crippen LogP contribution in [0.15, 0.2) is 48.5 Å². The monoisotopic (exact) mass is 362 g/mol. The van der Waals surface area contributed by atoms with Gasteiger partial charge in [-0.15, -0.1) is 0 Å². The summed E-state index contributed by atoms with van der Waals surface area (Å²) in [5, 5.41) is 13.7. The van der Waals surface area contributed by atoms with E-state index in [4.69, 9.17) is 16.3 Å². The minimum atomic E-state index is -0.526. The number of anilines is 1. The van der Waals surface area contributed by atoms with Crippen LogP contribution in [0.3, 0.4) is 0 Å². The van der Waals surface area contributed by atoms with Gasteiger partial charge in [0.25, 0.3) is 5.69 Å². The second-order valence-electron chi connectivity index (χ2n) is 5.14. The summed E-state index contributed by atoms with van der Waals surface area (Å²) in [5.74, 6) is -0.869. The molecular formula is C17H15ClN2O5. The molecule has 0 unspecified atom stereocenters. The number of ether oxygens (including phenoxy) is 1. The maximum atomic E-state index is 11.8. The number of rotatable bonds is 7. The van der Waals surface area contributed by atoms with Gasteiger partial charge in [0.05, 0.1) is 11.3 Å². The van der Waals surface area contributed by atoms with Gasteiger partial charge in [-0.25, -0.2) is 0 Å². The van der Waals surface area contributed by atoms with Gasteiger partial charge < -0.3 is 10.1 Å². The van der Waals surface area contributed by atoms with Crippen LogP contribution in [-0.4, -0.2) is 16.8 Å². The predicted molar refractivity (Wildman–Crippen MR) is 92.2 cm³/mol. The zero-order valence-electron chi connectivity index (χ0n) is 13.1. The molecule has 0 radical (unpaired) electrons. The lowest BCUT2D eigenvalue weighted by atomic mass is 10.2. The fourth-order valence-electron chi connectivity index (χ4n) is 1.92. The van der Waals surface area contributed by atoms with Crippen LogP contribution in [0.5, 0.6) is 0 Å². The van der Waals surface area contributed by atoms with Gasteiger partial charge in [-0.2, -0.15) is 0 Å². The van der Waals surface area contributed by atoms with Crippen molar-refractivity contribution in [2.24, 2.45) is 0 Å². The Labute approximate surface area is 148 Å². The van der Waals surface area contributed by atoms with Crippen LogP contribution in [-0.2, 0) is 20.9 Å². The molecule has 2 aromatic carbocycles. The van der Waals surface area contributed by atoms with Gasteiger partial charge >= 0.3 is 5.97 Å². The molecule has 7 nitrogen and oxygen atoms in total. The first kappa shape index (κ1) is 18.4. The van der Waals surface area contributed by atoms with Crippen LogP contribution in [0.4, 0.5) is 11.4 Å². The van der Waals surface area contributed by atoms with E-state index in [1.807, 2.05) is 0 Å². The summed E-state index contributed by atoms with van der Waals surface area (Å²) < 4.78 is 5.07. The Morgan fingerprint density at radius 2 is 1.68 bits per heavy atom. The third-order valence-electron chi connectivity index (χ3n) is 3.23. The molecule has 25 heavy (non-hydrogen) atoms. The molecular weight excluding hydrogens is 348 g/mol. The van der Waals surface area contributed by atoms with Crippen LogP contribution >= 0.6 is 11.6 Å². The molecule has 130 valence electrons. The Morgan fingerprint density at radius 1 is 1.04 bits per heavy atom. The molecule has 0 saturated heterocycles. The Balaban J connectivity index is 1.72. The first-order valence-corrected chi connectivity index (χ1v) is 7.76. The molecule has 0 saturated carbocycles. The average molecular weight is 363 g/mol. The number of hydrogen-bond acceptors (Lipinski definition) is 5. The van der Waals surface area contributed by atoms with Gasteiger partial charge in [0.2, 0.25) is 5.91 Å². The van der Waals surface area contributed by atoms with E-state index in [1.54, 1.807) is 24.3 Å². The zero-order valence-corrected chi connectivity index (χ0v) is 13.9. The van der Waals surface area contributed by atoms with E-state index in [0.29, 0.717) is 10.7 Å². The highest BCUT2D eigenvalue weighted by Crippen LogP contribution is 2.16. The predicted octanol–water partition coefficient (Wildman–Crippen LogP) is 3.71. The number of nitro benzene ring substituents is 1. The SMILES string of the molecule is O=C(CCC(=O)OCc1ccc(Cl)cc1)Nc1ccc([N+](=O)[O-])cc1. The Morgan fingerprint density at radius 3 is 2.28 bits per heavy atom. The molecule has 0 aliphatic rings. The topological polar surface area (TPSA) is 98.5 Å². The Hall–Kier alpha value is -2.93. The fourth-order valence-corrected chi connectivity index (χ4v) is 2.05. The number of carbonyl (C=O) groups excluding carboxylic acids is 2. The quantitative estimate of drug-likeness (QED) is 0.460. The molecule has 0 aliphatic heterocycles. The van der Waals surface area contributed by atoms with E-state index < -0.39 is 10.9 Å². The van der Waals surface area contributed by atoms with E-state index >= 15 is 0 Å². The highest BCUT2D eigenvalue weighted by Gasteiger charge is 2.10. The maximum absolute atomic E-state index is 11.8. The minimum Gasteiger partial charge on any atom is -0.461 e. The van der Waals surface area contributed by atoms with Gasteiger partial charge in [-0.1, -0.05) is 23.7 Å². The van der Waals surface area contributed by atoms with Crippen molar-refractivity contribution < 1.29 is 19.2 Å². The molecule has 8 heteroatoms. The van der Waals surface area contributed by atoms with Crippen molar-refractivity contribution in [3.05, 3.63) is 69.2 Å². The third-order valence-corrected chi connectivity index (χ3v) is 3.48. The van der Waals surface area contributed by atoms with Crippen molar-refractivity contribution in [2.75, 3.05) is 5.32 Å². The number of carbonyl (C=O) groups is 2. The number of halogens is 1. The van der Waals surface area contributed by atoms with Crippen LogP contribution < -0.4 is 5.32 Å². The van der Waals surface area contributed by atoms with Gasteiger partial charge in [-0.3, -0.25) is 19.7 Å². The van der Waals surface area contributed by atoms with Crippen molar-refractivity contribution in [1.29, 1.82) is 0 Å². The molecule has 0 fully saturated rings. The molecule has 0 spiro atoms. The highest BCUT2D eigenvalue weighted by atomic mass is 35.5. The molecule has 0 heterocycles. The Kier molecular flexibility index (Phi) is 6.47. The molecule has 0 aliphatic carbocycles. The lowest BCUT2D eigenvalue weighted by Crippen LogP contribution is -2.14. The highest BCUT2D eigenvalue weighted by molar-refractivity contribution is 6.30. The van der Waals surface area contributed by atoms with Crippen LogP contribution in [0.2, 0.25) is 5.02 Å². The summed E-state index contributed by atoms with van der Waals surface area (Å²) in [6.45, 7) is 0.111. The minimum absolute atomic E-state index is 0.0452. The number of nitro groups is 1. The first-order chi connectivity index (χ1) is 11.9. The number of amides is 1. The smallest absolute Gasteiger partial charge is 0.306 e. The number of esters is 1. The largest absolute Gasteiger partial charge is 0.461 e. The summed E-state index contributed by atoms with van der Waals surface area (Å²) in [7, 11) is 0. The average Bonchev–Trinajstić information content (AvgIpc) is 2.60. The van der Waals surface area contributed by atoms with Crippen LogP contribution in [0, 0.1) is 10.1 Å². The van der Waals surface area contributed by atoms with Crippen molar-refractivity contribution in [3.8, 4) is 0 Å². The summed E-state index contributed by atoms with van der Waals surface area (Å²) in [6, 6.07) is 12.3. The molecule has 0 aromatic heterocycles. The second kappa shape index (κ2) is 8.79. The van der Waals surface area contributed by atoms with Gasteiger partial charge in [-0.05, 0) is 29.8 Å². The van der Waals surface area contributed by atoms with Crippen molar-refractivity contribution in [1.82, 2.24) is 0 Å². The lowest BCUT2D eigenvalue weighted by Gasteiger charge is -2.06. The Bertz CT molecular complexity index is 760. The van der Waals surface area contributed by atoms with Gasteiger partial charge in [0, 0.05) is 29.3 Å². The van der Waals surface area contributed by atoms with Gasteiger partial charge in [0.1, 0.15) is 6.61 Å². The lowest BCUT2D eigenvalue weighted by molar-refractivity contribution is -0.384. The first-order valence-electron chi connectivity index (χ1n) is 7.38. The summed E-state index contributed by atoms with van der Waals surface area (Å²) in [6.07, 6.45) is -0.108. The molecule has 0 bridgehead atoms. The van der Waals surface area contributed by atoms with E-state index in [2.05, 4.69) is 5.32 Å². The molecule has 1 amide bonds. The number of benzene rings is 2. The number of non-ortho nitro benzene ring substituents is 1. The number of nitrogens with zero attached hydrogens (tertiary/aromatic N) is 1. The number of nitrogens with one attached hydrogen (secondary N) is 1. The van der Waals surface area contributed by atoms with E-state index in [9.17, 15) is 19.7 Å².